The van der Waals surface area contributed by atoms with Crippen molar-refractivity contribution in [1.29, 1.82) is 0 Å². The number of hydrogen-bond acceptors (Lipinski definition) is 4. The van der Waals surface area contributed by atoms with Crippen molar-refractivity contribution in [3.63, 3.8) is 0 Å². The van der Waals surface area contributed by atoms with E-state index in [2.05, 4.69) is 5.32 Å². The summed E-state index contributed by atoms with van der Waals surface area (Å²) in [5.41, 5.74) is 1.16. The lowest BCUT2D eigenvalue weighted by Gasteiger charge is -2.18. The van der Waals surface area contributed by atoms with Gasteiger partial charge in [-0.25, -0.2) is 5.06 Å². The van der Waals surface area contributed by atoms with Crippen LogP contribution in [0.2, 0.25) is 0 Å². The molecule has 0 spiro atoms. The molecule has 6 heteroatoms. The number of carbonyl (C=O) groups is 2. The predicted molar refractivity (Wildman–Crippen MR) is 64.9 cm³/mol. The van der Waals surface area contributed by atoms with Crippen molar-refractivity contribution in [2.24, 2.45) is 0 Å². The molecule has 0 atom stereocenters. The van der Waals surface area contributed by atoms with Gasteiger partial charge in [0.25, 0.3) is 5.91 Å². The number of fused-ring (bicyclic) bond motifs is 1. The number of thioether (sulfide) groups is 1. The Hall–Kier alpha value is -1.53. The average Bonchev–Trinajstić information content (AvgIpc) is 2.36. The van der Waals surface area contributed by atoms with E-state index in [0.29, 0.717) is 17.0 Å². The van der Waals surface area contributed by atoms with E-state index in [1.54, 1.807) is 12.1 Å². The van der Waals surface area contributed by atoms with Gasteiger partial charge in [0.05, 0.1) is 18.6 Å². The first kappa shape index (κ1) is 11.9. The fraction of sp³-hybridized carbons (Fsp3) is 0.273. The maximum absolute atomic E-state index is 11.8. The Balaban J connectivity index is 2.30. The molecule has 2 rings (SSSR count). The van der Waals surface area contributed by atoms with Crippen LogP contribution in [0, 0.1) is 0 Å². The van der Waals surface area contributed by atoms with E-state index in [9.17, 15) is 9.59 Å². The van der Waals surface area contributed by atoms with Gasteiger partial charge in [0.15, 0.2) is 0 Å². The number of rotatable bonds is 2. The summed E-state index contributed by atoms with van der Waals surface area (Å²) in [5.74, 6) is 0.116. The van der Waals surface area contributed by atoms with Crippen molar-refractivity contribution in [1.82, 2.24) is 5.06 Å². The summed E-state index contributed by atoms with van der Waals surface area (Å²) in [6, 6.07) is 5.22. The number of nitrogens with zero attached hydrogens (tertiary/aromatic N) is 1. The van der Waals surface area contributed by atoms with Crippen molar-refractivity contribution in [2.45, 2.75) is 4.90 Å². The topological polar surface area (TPSA) is 58.6 Å². The summed E-state index contributed by atoms with van der Waals surface area (Å²) < 4.78 is 0. The third-order valence-corrected chi connectivity index (χ3v) is 3.49. The molecule has 1 aromatic rings. The fourth-order valence-electron chi connectivity index (χ4n) is 1.48. The first-order chi connectivity index (χ1) is 8.11. The van der Waals surface area contributed by atoms with Crippen LogP contribution in [0.4, 0.5) is 5.69 Å². The summed E-state index contributed by atoms with van der Waals surface area (Å²) in [7, 11) is 2.96. The molecule has 0 saturated heterocycles. The zero-order chi connectivity index (χ0) is 12.4. The number of anilines is 1. The molecule has 1 heterocycles. The van der Waals surface area contributed by atoms with Gasteiger partial charge in [0.2, 0.25) is 5.91 Å². The minimum absolute atomic E-state index is 0.0489. The van der Waals surface area contributed by atoms with Gasteiger partial charge in [0, 0.05) is 17.5 Å². The third-order valence-electron chi connectivity index (χ3n) is 2.42. The van der Waals surface area contributed by atoms with Crippen LogP contribution in [0.15, 0.2) is 23.1 Å². The van der Waals surface area contributed by atoms with Crippen molar-refractivity contribution < 1.29 is 14.4 Å². The quantitative estimate of drug-likeness (QED) is 0.807. The second-order valence-electron chi connectivity index (χ2n) is 3.53. The number of benzene rings is 1. The van der Waals surface area contributed by atoms with Crippen molar-refractivity contribution in [3.05, 3.63) is 23.8 Å². The van der Waals surface area contributed by atoms with Crippen molar-refractivity contribution >= 4 is 29.3 Å². The van der Waals surface area contributed by atoms with Gasteiger partial charge < -0.3 is 5.32 Å². The van der Waals surface area contributed by atoms with Crippen LogP contribution in [0.25, 0.3) is 0 Å². The van der Waals surface area contributed by atoms with Gasteiger partial charge >= 0.3 is 0 Å². The van der Waals surface area contributed by atoms with E-state index in [1.165, 1.54) is 25.9 Å². The molecule has 0 fully saturated rings. The number of amides is 2. The van der Waals surface area contributed by atoms with E-state index < -0.39 is 0 Å². The highest BCUT2D eigenvalue weighted by atomic mass is 32.2. The number of hydroxylamine groups is 2. The summed E-state index contributed by atoms with van der Waals surface area (Å²) in [4.78, 5) is 28.9. The Kier molecular flexibility index (Phi) is 3.35. The highest BCUT2D eigenvalue weighted by Gasteiger charge is 2.18. The van der Waals surface area contributed by atoms with E-state index in [4.69, 9.17) is 4.84 Å². The summed E-state index contributed by atoms with van der Waals surface area (Å²) in [5, 5.41) is 3.88. The van der Waals surface area contributed by atoms with Crippen LogP contribution in [-0.4, -0.2) is 36.8 Å². The Bertz CT molecular complexity index is 476. The molecule has 1 aromatic carbocycles. The SMILES string of the molecule is CON(C)C(=O)c1ccc2c(c1)NC(=O)CS2. The van der Waals surface area contributed by atoms with E-state index in [0.717, 1.165) is 9.96 Å². The molecule has 5 nitrogen and oxygen atoms in total. The van der Waals surface area contributed by atoms with Crippen LogP contribution in [0.5, 0.6) is 0 Å². The molecule has 1 N–H and O–H groups in total. The molecule has 0 saturated carbocycles. The fourth-order valence-corrected chi connectivity index (χ4v) is 2.27. The number of nitrogens with one attached hydrogen (secondary N) is 1. The number of carbonyl (C=O) groups excluding carboxylic acids is 2. The lowest BCUT2D eigenvalue weighted by Crippen LogP contribution is -2.26. The van der Waals surface area contributed by atoms with E-state index in [-0.39, 0.29) is 11.8 Å². The molecular formula is C11H12N2O3S. The molecule has 0 radical (unpaired) electrons. The maximum Gasteiger partial charge on any atom is 0.277 e. The highest BCUT2D eigenvalue weighted by Crippen LogP contribution is 2.32. The normalized spacial score (nSPS) is 13.9. The summed E-state index contributed by atoms with van der Waals surface area (Å²) in [6.07, 6.45) is 0. The molecule has 1 aliphatic rings. The van der Waals surface area contributed by atoms with Gasteiger partial charge in [-0.15, -0.1) is 11.8 Å². The van der Waals surface area contributed by atoms with Gasteiger partial charge in [-0.05, 0) is 18.2 Å². The third kappa shape index (κ3) is 2.42. The molecule has 2 amide bonds. The van der Waals surface area contributed by atoms with Crippen LogP contribution < -0.4 is 5.32 Å². The summed E-state index contributed by atoms with van der Waals surface area (Å²) in [6.45, 7) is 0. The highest BCUT2D eigenvalue weighted by molar-refractivity contribution is 8.00. The molecule has 17 heavy (non-hydrogen) atoms. The van der Waals surface area contributed by atoms with Gasteiger partial charge in [-0.1, -0.05) is 0 Å². The molecule has 0 unspecified atom stereocenters. The first-order valence-electron chi connectivity index (χ1n) is 5.00. The Labute approximate surface area is 103 Å². The standard InChI is InChI=1S/C11H12N2O3S/c1-13(16-2)11(15)7-3-4-9-8(5-7)12-10(14)6-17-9/h3-5H,6H2,1-2H3,(H,12,14). The smallest absolute Gasteiger partial charge is 0.277 e. The molecule has 0 aliphatic carbocycles. The first-order valence-corrected chi connectivity index (χ1v) is 5.99. The van der Waals surface area contributed by atoms with Crippen LogP contribution in [-0.2, 0) is 9.63 Å². The van der Waals surface area contributed by atoms with Crippen LogP contribution in [0.1, 0.15) is 10.4 Å². The Morgan fingerprint density at radius 1 is 1.53 bits per heavy atom. The zero-order valence-corrected chi connectivity index (χ0v) is 10.3. The second kappa shape index (κ2) is 4.77. The monoisotopic (exact) mass is 252 g/mol. The second-order valence-corrected chi connectivity index (χ2v) is 4.55. The maximum atomic E-state index is 11.8. The molecule has 0 aromatic heterocycles. The van der Waals surface area contributed by atoms with Crippen LogP contribution in [0.3, 0.4) is 0 Å². The van der Waals surface area contributed by atoms with Crippen molar-refractivity contribution in [2.75, 3.05) is 25.2 Å². The Morgan fingerprint density at radius 3 is 3.00 bits per heavy atom. The van der Waals surface area contributed by atoms with Crippen LogP contribution >= 0.6 is 11.8 Å². The summed E-state index contributed by atoms with van der Waals surface area (Å²) >= 11 is 1.46. The number of hydrogen-bond donors (Lipinski definition) is 1. The lowest BCUT2D eigenvalue weighted by molar-refractivity contribution is -0.113. The zero-order valence-electron chi connectivity index (χ0n) is 9.52. The largest absolute Gasteiger partial charge is 0.324 e. The lowest BCUT2D eigenvalue weighted by atomic mass is 10.2. The predicted octanol–water partition coefficient (Wildman–Crippen LogP) is 1.36. The average molecular weight is 252 g/mol. The Morgan fingerprint density at radius 2 is 2.29 bits per heavy atom. The van der Waals surface area contributed by atoms with E-state index in [1.807, 2.05) is 6.07 Å². The molecular weight excluding hydrogens is 240 g/mol. The molecule has 0 bridgehead atoms. The minimum atomic E-state index is -0.250. The van der Waals surface area contributed by atoms with Gasteiger partial charge in [-0.2, -0.15) is 0 Å². The van der Waals surface area contributed by atoms with Crippen molar-refractivity contribution in [3.8, 4) is 0 Å². The van der Waals surface area contributed by atoms with E-state index >= 15 is 0 Å². The van der Waals surface area contributed by atoms with Gasteiger partial charge in [0.1, 0.15) is 0 Å². The molecule has 90 valence electrons. The molecule has 1 aliphatic heterocycles. The van der Waals surface area contributed by atoms with Gasteiger partial charge in [-0.3, -0.25) is 14.4 Å². The minimum Gasteiger partial charge on any atom is -0.324 e.